The third kappa shape index (κ3) is 1.60. The number of rotatable bonds is 1. The van der Waals surface area contributed by atoms with Gasteiger partial charge in [0.05, 0.1) is 6.10 Å². The molecule has 0 spiro atoms. The van der Waals surface area contributed by atoms with E-state index in [1.165, 1.54) is 5.57 Å². The molecule has 0 amide bonds. The Morgan fingerprint density at radius 3 is 2.90 bits per heavy atom. The largest absolute Gasteiger partial charge is 0.393 e. The molecule has 1 aliphatic rings. The van der Waals surface area contributed by atoms with E-state index in [0.717, 1.165) is 25.7 Å². The minimum Gasteiger partial charge on any atom is -0.393 e. The Bertz CT molecular complexity index is 129. The topological polar surface area (TPSA) is 20.2 Å². The zero-order valence-electron chi connectivity index (χ0n) is 6.64. The summed E-state index contributed by atoms with van der Waals surface area (Å²) in [4.78, 5) is 0. The van der Waals surface area contributed by atoms with Gasteiger partial charge in [-0.1, -0.05) is 25.5 Å². The van der Waals surface area contributed by atoms with Crippen LogP contribution in [0.15, 0.2) is 12.2 Å². The van der Waals surface area contributed by atoms with E-state index in [-0.39, 0.29) is 6.10 Å². The number of aliphatic hydroxyl groups is 1. The summed E-state index contributed by atoms with van der Waals surface area (Å²) in [6, 6.07) is 0. The second kappa shape index (κ2) is 3.20. The van der Waals surface area contributed by atoms with Gasteiger partial charge < -0.3 is 5.11 Å². The van der Waals surface area contributed by atoms with Gasteiger partial charge in [0.25, 0.3) is 0 Å². The first kappa shape index (κ1) is 7.80. The number of aliphatic hydroxyl groups excluding tert-OH is 1. The molecule has 0 bridgehead atoms. The Morgan fingerprint density at radius 2 is 2.40 bits per heavy atom. The zero-order chi connectivity index (χ0) is 7.56. The maximum Gasteiger partial charge on any atom is 0.0605 e. The van der Waals surface area contributed by atoms with Gasteiger partial charge in [0.15, 0.2) is 0 Å². The normalized spacial score (nSPS) is 34.4. The molecule has 0 aliphatic heterocycles. The molecule has 2 atom stereocenters. The van der Waals surface area contributed by atoms with Gasteiger partial charge in [-0.25, -0.2) is 0 Å². The van der Waals surface area contributed by atoms with E-state index in [2.05, 4.69) is 13.5 Å². The molecule has 1 N–H and O–H groups in total. The van der Waals surface area contributed by atoms with Gasteiger partial charge in [0, 0.05) is 0 Å². The second-order valence-corrected chi connectivity index (χ2v) is 3.23. The van der Waals surface area contributed by atoms with Crippen molar-refractivity contribution in [3.63, 3.8) is 0 Å². The third-order valence-electron chi connectivity index (χ3n) is 2.44. The van der Waals surface area contributed by atoms with Crippen molar-refractivity contribution in [1.82, 2.24) is 0 Å². The Labute approximate surface area is 62.8 Å². The first-order valence-electron chi connectivity index (χ1n) is 4.08. The Morgan fingerprint density at radius 1 is 1.70 bits per heavy atom. The standard InChI is InChI=1S/C9H16O/c1-3-8-5-4-7(2)6-9(8)10/h8-10H,2-6H2,1H3/t8-,9-/m0/s1. The summed E-state index contributed by atoms with van der Waals surface area (Å²) in [7, 11) is 0. The predicted octanol–water partition coefficient (Wildman–Crippen LogP) is 2.11. The highest BCUT2D eigenvalue weighted by Gasteiger charge is 2.22. The molecule has 1 aliphatic carbocycles. The van der Waals surface area contributed by atoms with E-state index >= 15 is 0 Å². The molecule has 0 radical (unpaired) electrons. The van der Waals surface area contributed by atoms with Crippen LogP contribution in [0.1, 0.15) is 32.6 Å². The van der Waals surface area contributed by atoms with E-state index in [0.29, 0.717) is 5.92 Å². The van der Waals surface area contributed by atoms with Gasteiger partial charge in [0.2, 0.25) is 0 Å². The lowest BCUT2D eigenvalue weighted by atomic mass is 9.83. The van der Waals surface area contributed by atoms with Crippen molar-refractivity contribution >= 4 is 0 Å². The fraction of sp³-hybridized carbons (Fsp3) is 0.778. The van der Waals surface area contributed by atoms with Crippen LogP contribution in [0.2, 0.25) is 0 Å². The maximum atomic E-state index is 9.48. The average molecular weight is 140 g/mol. The van der Waals surface area contributed by atoms with Gasteiger partial charge in [-0.15, -0.1) is 0 Å². The van der Waals surface area contributed by atoms with Crippen LogP contribution >= 0.6 is 0 Å². The van der Waals surface area contributed by atoms with E-state index in [1.54, 1.807) is 0 Å². The monoisotopic (exact) mass is 140 g/mol. The van der Waals surface area contributed by atoms with Crippen molar-refractivity contribution in [2.45, 2.75) is 38.7 Å². The van der Waals surface area contributed by atoms with Crippen molar-refractivity contribution < 1.29 is 5.11 Å². The van der Waals surface area contributed by atoms with Crippen LogP contribution < -0.4 is 0 Å². The van der Waals surface area contributed by atoms with E-state index in [1.807, 2.05) is 0 Å². The van der Waals surface area contributed by atoms with Gasteiger partial charge in [-0.2, -0.15) is 0 Å². The summed E-state index contributed by atoms with van der Waals surface area (Å²) in [5.74, 6) is 0.533. The highest BCUT2D eigenvalue weighted by Crippen LogP contribution is 2.29. The van der Waals surface area contributed by atoms with Gasteiger partial charge in [-0.05, 0) is 25.2 Å². The summed E-state index contributed by atoms with van der Waals surface area (Å²) in [5, 5.41) is 9.48. The van der Waals surface area contributed by atoms with Crippen LogP contribution in [-0.4, -0.2) is 11.2 Å². The molecule has 10 heavy (non-hydrogen) atoms. The minimum atomic E-state index is -0.105. The first-order chi connectivity index (χ1) is 4.74. The molecule has 0 saturated heterocycles. The molecule has 0 aromatic carbocycles. The maximum absolute atomic E-state index is 9.48. The molecule has 0 heterocycles. The molecule has 0 unspecified atom stereocenters. The van der Waals surface area contributed by atoms with E-state index in [9.17, 15) is 5.11 Å². The first-order valence-corrected chi connectivity index (χ1v) is 4.08. The Kier molecular flexibility index (Phi) is 2.50. The van der Waals surface area contributed by atoms with Crippen LogP contribution in [0.4, 0.5) is 0 Å². The fourth-order valence-corrected chi connectivity index (χ4v) is 1.62. The minimum absolute atomic E-state index is 0.105. The lowest BCUT2D eigenvalue weighted by molar-refractivity contribution is 0.0863. The van der Waals surface area contributed by atoms with Crippen molar-refractivity contribution in [3.8, 4) is 0 Å². The summed E-state index contributed by atoms with van der Waals surface area (Å²) >= 11 is 0. The van der Waals surface area contributed by atoms with Gasteiger partial charge in [0.1, 0.15) is 0 Å². The number of hydrogen-bond acceptors (Lipinski definition) is 1. The lowest BCUT2D eigenvalue weighted by Gasteiger charge is -2.27. The Hall–Kier alpha value is -0.300. The zero-order valence-corrected chi connectivity index (χ0v) is 6.64. The average Bonchev–Trinajstić information content (AvgIpc) is 1.88. The third-order valence-corrected chi connectivity index (χ3v) is 2.44. The lowest BCUT2D eigenvalue weighted by Crippen LogP contribution is -2.24. The van der Waals surface area contributed by atoms with Gasteiger partial charge in [-0.3, -0.25) is 0 Å². The van der Waals surface area contributed by atoms with Crippen LogP contribution in [0.25, 0.3) is 0 Å². The second-order valence-electron chi connectivity index (χ2n) is 3.23. The highest BCUT2D eigenvalue weighted by atomic mass is 16.3. The van der Waals surface area contributed by atoms with Crippen LogP contribution in [0.5, 0.6) is 0 Å². The molecule has 0 aromatic heterocycles. The van der Waals surface area contributed by atoms with Crippen LogP contribution in [-0.2, 0) is 0 Å². The quantitative estimate of drug-likeness (QED) is 0.553. The van der Waals surface area contributed by atoms with E-state index < -0.39 is 0 Å². The van der Waals surface area contributed by atoms with Gasteiger partial charge >= 0.3 is 0 Å². The molecule has 1 nitrogen and oxygen atoms in total. The fourth-order valence-electron chi connectivity index (χ4n) is 1.62. The van der Waals surface area contributed by atoms with Crippen molar-refractivity contribution in [3.05, 3.63) is 12.2 Å². The van der Waals surface area contributed by atoms with Crippen molar-refractivity contribution in [1.29, 1.82) is 0 Å². The van der Waals surface area contributed by atoms with Crippen molar-refractivity contribution in [2.75, 3.05) is 0 Å². The molecule has 1 heteroatoms. The molecular weight excluding hydrogens is 124 g/mol. The molecule has 1 saturated carbocycles. The van der Waals surface area contributed by atoms with Crippen LogP contribution in [0.3, 0.4) is 0 Å². The van der Waals surface area contributed by atoms with E-state index in [4.69, 9.17) is 0 Å². The smallest absolute Gasteiger partial charge is 0.0605 e. The van der Waals surface area contributed by atoms with Crippen molar-refractivity contribution in [2.24, 2.45) is 5.92 Å². The SMILES string of the molecule is C=C1CC[C@H](CC)[C@@H](O)C1. The molecule has 1 rings (SSSR count). The summed E-state index contributed by atoms with van der Waals surface area (Å²) in [6.07, 6.45) is 4.09. The Balaban J connectivity index is 2.43. The molecule has 0 aromatic rings. The molecular formula is C9H16O. The number of hydrogen-bond donors (Lipinski definition) is 1. The summed E-state index contributed by atoms with van der Waals surface area (Å²) in [6.45, 7) is 6.01. The summed E-state index contributed by atoms with van der Waals surface area (Å²) < 4.78 is 0. The predicted molar refractivity (Wildman–Crippen MR) is 42.8 cm³/mol. The highest BCUT2D eigenvalue weighted by molar-refractivity contribution is 5.01. The molecule has 58 valence electrons. The summed E-state index contributed by atoms with van der Waals surface area (Å²) in [5.41, 5.74) is 1.22. The van der Waals surface area contributed by atoms with Crippen LogP contribution in [0, 0.1) is 5.92 Å². The molecule has 1 fully saturated rings.